The van der Waals surface area contributed by atoms with Gasteiger partial charge in [0.2, 0.25) is 10.0 Å². The van der Waals surface area contributed by atoms with Crippen molar-refractivity contribution in [3.8, 4) is 0 Å². The third-order valence-electron chi connectivity index (χ3n) is 2.18. The molecule has 1 rings (SSSR count). The standard InChI is InChI=1S/C10H11ClF3NO3S/c11-9-3-2-7(6-8(9)10(12,13)14)19(17,18)15-4-1-5-16/h2-3,6,15-16H,1,4-5H2. The van der Waals surface area contributed by atoms with Gasteiger partial charge in [0.05, 0.1) is 15.5 Å². The van der Waals surface area contributed by atoms with Crippen molar-refractivity contribution in [2.75, 3.05) is 13.2 Å². The summed E-state index contributed by atoms with van der Waals surface area (Å²) in [6.07, 6.45) is -4.56. The van der Waals surface area contributed by atoms with E-state index < -0.39 is 31.7 Å². The summed E-state index contributed by atoms with van der Waals surface area (Å²) in [5.41, 5.74) is -1.21. The Morgan fingerprint density at radius 3 is 2.47 bits per heavy atom. The molecule has 108 valence electrons. The van der Waals surface area contributed by atoms with E-state index in [2.05, 4.69) is 4.72 Å². The lowest BCUT2D eigenvalue weighted by molar-refractivity contribution is -0.137. The van der Waals surface area contributed by atoms with Crippen LogP contribution in [0, 0.1) is 0 Å². The zero-order valence-electron chi connectivity index (χ0n) is 9.54. The first-order chi connectivity index (χ1) is 8.68. The van der Waals surface area contributed by atoms with E-state index in [1.807, 2.05) is 0 Å². The molecule has 4 nitrogen and oxygen atoms in total. The van der Waals surface area contributed by atoms with Gasteiger partial charge in [0, 0.05) is 13.2 Å². The Hall–Kier alpha value is -0.830. The molecule has 0 aliphatic carbocycles. The maximum absolute atomic E-state index is 12.6. The quantitative estimate of drug-likeness (QED) is 0.817. The summed E-state index contributed by atoms with van der Waals surface area (Å²) in [5.74, 6) is 0. The highest BCUT2D eigenvalue weighted by molar-refractivity contribution is 7.89. The van der Waals surface area contributed by atoms with Crippen molar-refractivity contribution in [3.63, 3.8) is 0 Å². The van der Waals surface area contributed by atoms with E-state index in [9.17, 15) is 21.6 Å². The van der Waals surface area contributed by atoms with Crippen molar-refractivity contribution >= 4 is 21.6 Å². The van der Waals surface area contributed by atoms with Crippen LogP contribution in [0.3, 0.4) is 0 Å². The van der Waals surface area contributed by atoms with Crippen LogP contribution in [0.4, 0.5) is 13.2 Å². The number of nitrogens with one attached hydrogen (secondary N) is 1. The maximum Gasteiger partial charge on any atom is 0.417 e. The molecule has 2 N–H and O–H groups in total. The number of sulfonamides is 1. The van der Waals surface area contributed by atoms with Crippen LogP contribution in [-0.4, -0.2) is 26.7 Å². The number of aliphatic hydroxyl groups is 1. The first-order valence-corrected chi connectivity index (χ1v) is 7.02. The third kappa shape index (κ3) is 4.34. The van der Waals surface area contributed by atoms with Crippen LogP contribution in [0.5, 0.6) is 0 Å². The molecule has 0 heterocycles. The number of halogens is 4. The van der Waals surface area contributed by atoms with Crippen molar-refractivity contribution < 1.29 is 26.7 Å². The predicted octanol–water partition coefficient (Wildman–Crippen LogP) is 2.02. The molecule has 0 aliphatic rings. The van der Waals surface area contributed by atoms with Gasteiger partial charge in [-0.1, -0.05) is 11.6 Å². The lowest BCUT2D eigenvalue weighted by Crippen LogP contribution is -2.25. The number of alkyl halides is 3. The van der Waals surface area contributed by atoms with Crippen LogP contribution in [0.15, 0.2) is 23.1 Å². The summed E-state index contributed by atoms with van der Waals surface area (Å²) in [6, 6.07) is 2.34. The minimum absolute atomic E-state index is 0.0667. The number of benzene rings is 1. The summed E-state index contributed by atoms with van der Waals surface area (Å²) in [4.78, 5) is -0.526. The lowest BCUT2D eigenvalue weighted by Gasteiger charge is -2.11. The number of aliphatic hydroxyl groups excluding tert-OH is 1. The van der Waals surface area contributed by atoms with Gasteiger partial charge in [-0.2, -0.15) is 13.2 Å². The first-order valence-electron chi connectivity index (χ1n) is 5.16. The fourth-order valence-electron chi connectivity index (χ4n) is 1.26. The topological polar surface area (TPSA) is 66.4 Å². The monoisotopic (exact) mass is 317 g/mol. The number of hydrogen-bond acceptors (Lipinski definition) is 3. The molecule has 0 atom stereocenters. The number of hydrogen-bond donors (Lipinski definition) is 2. The van der Waals surface area contributed by atoms with Crippen LogP contribution >= 0.6 is 11.6 Å². The smallest absolute Gasteiger partial charge is 0.396 e. The van der Waals surface area contributed by atoms with Gasteiger partial charge in [-0.3, -0.25) is 0 Å². The van der Waals surface area contributed by atoms with E-state index in [0.29, 0.717) is 6.07 Å². The second kappa shape index (κ2) is 6.08. The summed E-state index contributed by atoms with van der Waals surface area (Å²) < 4.78 is 63.2. The zero-order chi connectivity index (χ0) is 14.7. The summed E-state index contributed by atoms with van der Waals surface area (Å²) in [7, 11) is -4.05. The molecule has 1 aromatic carbocycles. The molecule has 0 unspecified atom stereocenters. The third-order valence-corrected chi connectivity index (χ3v) is 3.97. The Morgan fingerprint density at radius 2 is 1.95 bits per heavy atom. The van der Waals surface area contributed by atoms with Gasteiger partial charge >= 0.3 is 6.18 Å². The van der Waals surface area contributed by atoms with Gasteiger partial charge in [-0.15, -0.1) is 0 Å². The highest BCUT2D eigenvalue weighted by Gasteiger charge is 2.34. The minimum atomic E-state index is -4.73. The van der Waals surface area contributed by atoms with E-state index >= 15 is 0 Å². The largest absolute Gasteiger partial charge is 0.417 e. The molecule has 9 heteroatoms. The van der Waals surface area contributed by atoms with Gasteiger partial charge in [0.15, 0.2) is 0 Å². The van der Waals surface area contributed by atoms with Gasteiger partial charge in [-0.25, -0.2) is 13.1 Å². The van der Waals surface area contributed by atoms with Crippen molar-refractivity contribution in [1.82, 2.24) is 4.72 Å². The molecule has 0 amide bonds. The predicted molar refractivity (Wildman–Crippen MR) is 63.3 cm³/mol. The molecule has 0 bridgehead atoms. The van der Waals surface area contributed by atoms with Crippen molar-refractivity contribution in [3.05, 3.63) is 28.8 Å². The lowest BCUT2D eigenvalue weighted by atomic mass is 10.2. The van der Waals surface area contributed by atoms with Crippen LogP contribution in [0.25, 0.3) is 0 Å². The molecule has 0 aromatic heterocycles. The van der Waals surface area contributed by atoms with Crippen LogP contribution in [0.1, 0.15) is 12.0 Å². The molecule has 0 fully saturated rings. The van der Waals surface area contributed by atoms with Crippen molar-refractivity contribution in [2.45, 2.75) is 17.5 Å². The molecule has 0 aliphatic heterocycles. The molecule has 0 radical (unpaired) electrons. The highest BCUT2D eigenvalue weighted by atomic mass is 35.5. The molecule has 1 aromatic rings. The molecular formula is C10H11ClF3NO3S. The maximum atomic E-state index is 12.6. The summed E-state index contributed by atoms with van der Waals surface area (Å²) in [6.45, 7) is -0.292. The Morgan fingerprint density at radius 1 is 1.32 bits per heavy atom. The fraction of sp³-hybridized carbons (Fsp3) is 0.400. The average Bonchev–Trinajstić information content (AvgIpc) is 2.27. The summed E-state index contributed by atoms with van der Waals surface area (Å²) in [5, 5.41) is 7.95. The van der Waals surface area contributed by atoms with Gasteiger partial charge < -0.3 is 5.11 Å². The van der Waals surface area contributed by atoms with E-state index in [4.69, 9.17) is 16.7 Å². The SMILES string of the molecule is O=S(=O)(NCCCO)c1ccc(Cl)c(C(F)(F)F)c1. The zero-order valence-corrected chi connectivity index (χ0v) is 11.1. The van der Waals surface area contributed by atoms with Gasteiger partial charge in [0.25, 0.3) is 0 Å². The Balaban J connectivity index is 3.09. The normalized spacial score (nSPS) is 12.7. The van der Waals surface area contributed by atoms with Gasteiger partial charge in [-0.05, 0) is 24.6 Å². The Labute approximate surface area is 113 Å². The first kappa shape index (κ1) is 16.2. The minimum Gasteiger partial charge on any atom is -0.396 e. The molecular weight excluding hydrogens is 307 g/mol. The van der Waals surface area contributed by atoms with Crippen LogP contribution in [-0.2, 0) is 16.2 Å². The van der Waals surface area contributed by atoms with E-state index in [1.165, 1.54) is 0 Å². The molecule has 0 spiro atoms. The van der Waals surface area contributed by atoms with E-state index in [-0.39, 0.29) is 19.6 Å². The van der Waals surface area contributed by atoms with Crippen molar-refractivity contribution in [2.24, 2.45) is 0 Å². The second-order valence-electron chi connectivity index (χ2n) is 3.61. The van der Waals surface area contributed by atoms with E-state index in [0.717, 1.165) is 12.1 Å². The summed E-state index contributed by atoms with van der Waals surface area (Å²) >= 11 is 5.39. The van der Waals surface area contributed by atoms with Gasteiger partial charge in [0.1, 0.15) is 0 Å². The van der Waals surface area contributed by atoms with Crippen LogP contribution < -0.4 is 4.72 Å². The Bertz CT molecular complexity index is 545. The average molecular weight is 318 g/mol. The van der Waals surface area contributed by atoms with Crippen LogP contribution in [0.2, 0.25) is 5.02 Å². The number of rotatable bonds is 5. The molecule has 0 saturated carbocycles. The fourth-order valence-corrected chi connectivity index (χ4v) is 2.58. The van der Waals surface area contributed by atoms with Crippen molar-refractivity contribution in [1.29, 1.82) is 0 Å². The highest BCUT2D eigenvalue weighted by Crippen LogP contribution is 2.35. The molecule has 0 saturated heterocycles. The van der Waals surface area contributed by atoms with E-state index in [1.54, 1.807) is 0 Å². The molecule has 19 heavy (non-hydrogen) atoms. The Kier molecular flexibility index (Phi) is 5.19. The second-order valence-corrected chi connectivity index (χ2v) is 5.79.